The number of nitrogens with zero attached hydrogens (tertiary/aromatic N) is 3. The lowest BCUT2D eigenvalue weighted by molar-refractivity contribution is -0.121. The Hall–Kier alpha value is -2.94. The van der Waals surface area contributed by atoms with E-state index in [-0.39, 0.29) is 29.4 Å². The second kappa shape index (κ2) is 10.2. The van der Waals surface area contributed by atoms with Crippen LogP contribution in [-0.4, -0.2) is 33.0 Å². The molecule has 0 bridgehead atoms. The number of halogens is 2. The summed E-state index contributed by atoms with van der Waals surface area (Å²) in [4.78, 5) is 27.1. The highest BCUT2D eigenvalue weighted by Gasteiger charge is 2.42. The number of aryl methyl sites for hydroxylation is 1. The van der Waals surface area contributed by atoms with Crippen molar-refractivity contribution < 1.29 is 9.59 Å². The predicted octanol–water partition coefficient (Wildman–Crippen LogP) is 6.56. The average Bonchev–Trinajstić information content (AvgIpc) is 3.42. The standard InChI is InChI=1S/C27H22BrClN4O2S/c1-16-2-4-17(5-3-16)22-14-23(18-6-10-20(29)11-7-18)33(31-22)27(30)36-24-15-25(34)32(26(24)35)21-12-8-19(28)9-13-21/h2-13,23-24,30H,14-15H2,1H3. The van der Waals surface area contributed by atoms with E-state index in [4.69, 9.17) is 22.1 Å². The molecule has 2 amide bonds. The van der Waals surface area contributed by atoms with Crippen molar-refractivity contribution in [2.75, 3.05) is 4.90 Å². The van der Waals surface area contributed by atoms with Crippen LogP contribution in [0.4, 0.5) is 5.69 Å². The summed E-state index contributed by atoms with van der Waals surface area (Å²) in [7, 11) is 0. The molecular formula is C27H22BrClN4O2S. The number of hydrogen-bond acceptors (Lipinski definition) is 5. The zero-order valence-electron chi connectivity index (χ0n) is 19.3. The van der Waals surface area contributed by atoms with Crippen molar-refractivity contribution in [2.24, 2.45) is 5.10 Å². The molecular weight excluding hydrogens is 560 g/mol. The lowest BCUT2D eigenvalue weighted by atomic mass is 9.98. The van der Waals surface area contributed by atoms with Gasteiger partial charge in [0.2, 0.25) is 11.8 Å². The zero-order valence-corrected chi connectivity index (χ0v) is 22.5. The fraction of sp³-hybridized carbons (Fsp3) is 0.185. The van der Waals surface area contributed by atoms with Crippen molar-refractivity contribution in [3.63, 3.8) is 0 Å². The molecule has 2 atom stereocenters. The molecule has 5 rings (SSSR count). The average molecular weight is 582 g/mol. The van der Waals surface area contributed by atoms with Gasteiger partial charge < -0.3 is 0 Å². The fourth-order valence-corrected chi connectivity index (χ4v) is 5.68. The largest absolute Gasteiger partial charge is 0.277 e. The van der Waals surface area contributed by atoms with Gasteiger partial charge in [-0.15, -0.1) is 0 Å². The number of hydrogen-bond donors (Lipinski definition) is 1. The van der Waals surface area contributed by atoms with E-state index in [1.807, 2.05) is 55.5 Å². The molecule has 2 aliphatic rings. The number of amides is 2. The number of anilines is 1. The van der Waals surface area contributed by atoms with Crippen molar-refractivity contribution in [1.29, 1.82) is 5.41 Å². The van der Waals surface area contributed by atoms with Crippen LogP contribution >= 0.6 is 39.3 Å². The lowest BCUT2D eigenvalue weighted by Crippen LogP contribution is -2.32. The Balaban J connectivity index is 1.39. The van der Waals surface area contributed by atoms with Crippen molar-refractivity contribution in [3.8, 4) is 0 Å². The minimum atomic E-state index is -0.682. The van der Waals surface area contributed by atoms with E-state index in [0.29, 0.717) is 17.1 Å². The van der Waals surface area contributed by atoms with Gasteiger partial charge in [0.15, 0.2) is 5.17 Å². The van der Waals surface area contributed by atoms with Gasteiger partial charge in [0.25, 0.3) is 0 Å². The first-order valence-electron chi connectivity index (χ1n) is 11.4. The van der Waals surface area contributed by atoms with E-state index in [2.05, 4.69) is 15.9 Å². The van der Waals surface area contributed by atoms with Crippen molar-refractivity contribution in [1.82, 2.24) is 5.01 Å². The van der Waals surface area contributed by atoms with Crippen LogP contribution < -0.4 is 4.90 Å². The van der Waals surface area contributed by atoms with Gasteiger partial charge in [0.1, 0.15) is 5.25 Å². The molecule has 36 heavy (non-hydrogen) atoms. The number of carbonyl (C=O) groups excluding carboxylic acids is 2. The van der Waals surface area contributed by atoms with Crippen LogP contribution in [0.2, 0.25) is 5.02 Å². The third-order valence-corrected chi connectivity index (χ3v) is 8.05. The number of hydrazone groups is 1. The Labute approximate surface area is 227 Å². The Morgan fingerprint density at radius 1 is 1.00 bits per heavy atom. The summed E-state index contributed by atoms with van der Waals surface area (Å²) in [5, 5.41) is 15.4. The topological polar surface area (TPSA) is 76.8 Å². The molecule has 3 aromatic carbocycles. The van der Waals surface area contributed by atoms with E-state index < -0.39 is 5.25 Å². The van der Waals surface area contributed by atoms with Crippen molar-refractivity contribution >= 4 is 67.7 Å². The van der Waals surface area contributed by atoms with Gasteiger partial charge in [-0.3, -0.25) is 15.0 Å². The van der Waals surface area contributed by atoms with Gasteiger partial charge >= 0.3 is 0 Å². The maximum absolute atomic E-state index is 13.2. The normalized spacial score (nSPS) is 19.7. The highest BCUT2D eigenvalue weighted by molar-refractivity contribution is 9.10. The van der Waals surface area contributed by atoms with Crippen LogP contribution in [0, 0.1) is 12.3 Å². The molecule has 3 aromatic rings. The van der Waals surface area contributed by atoms with Crippen LogP contribution in [0.3, 0.4) is 0 Å². The number of amidine groups is 1. The fourth-order valence-electron chi connectivity index (χ4n) is 4.31. The molecule has 1 N–H and O–H groups in total. The maximum Gasteiger partial charge on any atom is 0.247 e. The lowest BCUT2D eigenvalue weighted by Gasteiger charge is -2.24. The van der Waals surface area contributed by atoms with Gasteiger partial charge in [-0.05, 0) is 54.4 Å². The SMILES string of the molecule is Cc1ccc(C2=NN(C(=N)SC3CC(=O)N(c4ccc(Br)cc4)C3=O)C(c3ccc(Cl)cc3)C2)cc1. The summed E-state index contributed by atoms with van der Waals surface area (Å²) in [6, 6.07) is 22.5. The van der Waals surface area contributed by atoms with Gasteiger partial charge in [0, 0.05) is 22.3 Å². The van der Waals surface area contributed by atoms with Crippen LogP contribution in [0.15, 0.2) is 82.4 Å². The number of rotatable bonds is 4. The zero-order chi connectivity index (χ0) is 25.4. The Kier molecular flexibility index (Phi) is 7.01. The summed E-state index contributed by atoms with van der Waals surface area (Å²) < 4.78 is 0.863. The summed E-state index contributed by atoms with van der Waals surface area (Å²) >= 11 is 10.6. The molecule has 2 aliphatic heterocycles. The van der Waals surface area contributed by atoms with Crippen LogP contribution in [0.25, 0.3) is 0 Å². The molecule has 0 aromatic heterocycles. The number of imide groups is 1. The minimum Gasteiger partial charge on any atom is -0.277 e. The van der Waals surface area contributed by atoms with E-state index in [1.165, 1.54) is 4.90 Å². The van der Waals surface area contributed by atoms with E-state index in [1.54, 1.807) is 29.3 Å². The number of benzene rings is 3. The third-order valence-electron chi connectivity index (χ3n) is 6.20. The molecule has 1 fully saturated rings. The van der Waals surface area contributed by atoms with Gasteiger partial charge in [-0.25, -0.2) is 9.91 Å². The minimum absolute atomic E-state index is 0.0376. The summed E-state index contributed by atoms with van der Waals surface area (Å²) in [6.07, 6.45) is 0.645. The predicted molar refractivity (Wildman–Crippen MR) is 149 cm³/mol. The first kappa shape index (κ1) is 24.7. The van der Waals surface area contributed by atoms with E-state index in [0.717, 1.165) is 38.6 Å². The van der Waals surface area contributed by atoms with Crippen LogP contribution in [-0.2, 0) is 9.59 Å². The Morgan fingerprint density at radius 3 is 2.33 bits per heavy atom. The second-order valence-electron chi connectivity index (χ2n) is 8.69. The molecule has 0 radical (unpaired) electrons. The summed E-state index contributed by atoms with van der Waals surface area (Å²) in [5.41, 5.74) is 4.52. The highest BCUT2D eigenvalue weighted by Crippen LogP contribution is 2.38. The first-order valence-corrected chi connectivity index (χ1v) is 13.4. The van der Waals surface area contributed by atoms with Crippen LogP contribution in [0.1, 0.15) is 35.6 Å². The molecule has 0 saturated carbocycles. The monoisotopic (exact) mass is 580 g/mol. The Bertz CT molecular complexity index is 1360. The molecule has 0 spiro atoms. The van der Waals surface area contributed by atoms with Gasteiger partial charge in [-0.1, -0.05) is 81.3 Å². The van der Waals surface area contributed by atoms with E-state index in [9.17, 15) is 9.59 Å². The molecule has 2 heterocycles. The third kappa shape index (κ3) is 4.98. The first-order chi connectivity index (χ1) is 17.3. The molecule has 2 unspecified atom stereocenters. The van der Waals surface area contributed by atoms with Gasteiger partial charge in [0.05, 0.1) is 17.4 Å². The Morgan fingerprint density at radius 2 is 1.67 bits per heavy atom. The molecule has 9 heteroatoms. The second-order valence-corrected chi connectivity index (χ2v) is 11.2. The number of carbonyl (C=O) groups is 2. The molecule has 182 valence electrons. The maximum atomic E-state index is 13.2. The van der Waals surface area contributed by atoms with Crippen molar-refractivity contribution in [3.05, 3.63) is 99.0 Å². The number of nitrogens with one attached hydrogen (secondary N) is 1. The molecule has 1 saturated heterocycles. The smallest absolute Gasteiger partial charge is 0.247 e. The van der Waals surface area contributed by atoms with Crippen molar-refractivity contribution in [2.45, 2.75) is 31.1 Å². The van der Waals surface area contributed by atoms with Gasteiger partial charge in [-0.2, -0.15) is 5.10 Å². The number of thioether (sulfide) groups is 1. The van der Waals surface area contributed by atoms with Crippen LogP contribution in [0.5, 0.6) is 0 Å². The highest BCUT2D eigenvalue weighted by atomic mass is 79.9. The molecule has 6 nitrogen and oxygen atoms in total. The molecule has 0 aliphatic carbocycles. The summed E-state index contributed by atoms with van der Waals surface area (Å²) in [5.74, 6) is -0.589. The summed E-state index contributed by atoms with van der Waals surface area (Å²) in [6.45, 7) is 2.03. The quantitative estimate of drug-likeness (QED) is 0.215. The van der Waals surface area contributed by atoms with E-state index >= 15 is 0 Å².